The third-order valence-corrected chi connectivity index (χ3v) is 7.92. The molecule has 0 aliphatic carbocycles. The maximum absolute atomic E-state index is 12.9. The van der Waals surface area contributed by atoms with Crippen molar-refractivity contribution in [1.29, 1.82) is 0 Å². The molecule has 0 N–H and O–H groups in total. The van der Waals surface area contributed by atoms with Gasteiger partial charge in [0.25, 0.3) is 5.91 Å². The maximum Gasteiger partial charge on any atom is 0.253 e. The van der Waals surface area contributed by atoms with Crippen LogP contribution in [0.5, 0.6) is 5.75 Å². The minimum absolute atomic E-state index is 0.0939. The Bertz CT molecular complexity index is 1060. The van der Waals surface area contributed by atoms with Crippen LogP contribution in [-0.2, 0) is 0 Å². The largest absolute Gasteiger partial charge is 0.494 e. The summed E-state index contributed by atoms with van der Waals surface area (Å²) in [4.78, 5) is 19.8. The summed E-state index contributed by atoms with van der Waals surface area (Å²) in [7, 11) is 0. The smallest absolute Gasteiger partial charge is 0.253 e. The van der Waals surface area contributed by atoms with Crippen LogP contribution >= 0.6 is 0 Å². The van der Waals surface area contributed by atoms with E-state index in [1.165, 1.54) is 37.1 Å². The van der Waals surface area contributed by atoms with Crippen LogP contribution in [0.3, 0.4) is 0 Å². The quantitative estimate of drug-likeness (QED) is 0.290. The second kappa shape index (κ2) is 13.0. The van der Waals surface area contributed by atoms with Crippen molar-refractivity contribution in [2.45, 2.75) is 45.6 Å². The number of piperazine rings is 1. The van der Waals surface area contributed by atoms with Gasteiger partial charge in [-0.1, -0.05) is 50.3 Å². The normalized spacial score (nSPS) is 20.5. The zero-order valence-electron chi connectivity index (χ0n) is 22.7. The fourth-order valence-corrected chi connectivity index (χ4v) is 5.62. The highest BCUT2D eigenvalue weighted by Gasteiger charge is 2.27. The number of ether oxygens (including phenoxy) is 1. The first kappa shape index (κ1) is 27.0. The zero-order valence-corrected chi connectivity index (χ0v) is 22.7. The summed E-state index contributed by atoms with van der Waals surface area (Å²) >= 11 is 0. The molecule has 5 heteroatoms. The minimum Gasteiger partial charge on any atom is -0.494 e. The van der Waals surface area contributed by atoms with Crippen LogP contribution in [0, 0.1) is 5.92 Å². The molecule has 5 nitrogen and oxygen atoms in total. The van der Waals surface area contributed by atoms with Crippen LogP contribution in [0.15, 0.2) is 67.3 Å². The highest BCUT2D eigenvalue weighted by atomic mass is 16.5. The Hall–Kier alpha value is -3.05. The molecule has 0 radical (unpaired) electrons. The molecule has 2 aliphatic rings. The van der Waals surface area contributed by atoms with Gasteiger partial charge in [0.1, 0.15) is 5.75 Å². The van der Waals surface area contributed by atoms with Crippen LogP contribution in [-0.4, -0.2) is 67.6 Å². The van der Waals surface area contributed by atoms with Crippen LogP contribution < -0.4 is 9.64 Å². The number of piperidine rings is 1. The average molecular weight is 502 g/mol. The van der Waals surface area contributed by atoms with Crippen molar-refractivity contribution in [2.75, 3.05) is 50.8 Å². The minimum atomic E-state index is 0.0939. The molecule has 1 amide bonds. The van der Waals surface area contributed by atoms with Gasteiger partial charge < -0.3 is 14.5 Å². The molecule has 0 aromatic heterocycles. The van der Waals surface area contributed by atoms with E-state index < -0.39 is 0 Å². The summed E-state index contributed by atoms with van der Waals surface area (Å²) < 4.78 is 6.08. The highest BCUT2D eigenvalue weighted by molar-refractivity contribution is 5.95. The fourth-order valence-electron chi connectivity index (χ4n) is 5.62. The van der Waals surface area contributed by atoms with Crippen molar-refractivity contribution in [3.63, 3.8) is 0 Å². The first-order valence-corrected chi connectivity index (χ1v) is 13.9. The van der Waals surface area contributed by atoms with Crippen molar-refractivity contribution in [3.05, 3.63) is 78.4 Å². The lowest BCUT2D eigenvalue weighted by molar-refractivity contribution is 0.0746. The van der Waals surface area contributed by atoms with Crippen LogP contribution in [0.4, 0.5) is 5.69 Å². The standard InChI is InChI=1S/C32H43N3O2/c1-5-26-9-7-10-28(23-26)32(36)34-20-18-33(19-21-34)29-12-14-30(15-13-29)37-22-8-17-35-24-27(6-2)11-16-31(35)25(3)4/h5,7,9-10,12-15,23,27,31H,1,3,6,8,11,16-22,24H2,2,4H3. The lowest BCUT2D eigenvalue weighted by atomic mass is 9.88. The van der Waals surface area contributed by atoms with E-state index in [1.807, 2.05) is 29.2 Å². The maximum atomic E-state index is 12.9. The van der Waals surface area contributed by atoms with Gasteiger partial charge in [-0.05, 0) is 74.1 Å². The second-order valence-electron chi connectivity index (χ2n) is 10.5. The molecule has 37 heavy (non-hydrogen) atoms. The average Bonchev–Trinajstić information content (AvgIpc) is 2.95. The number of nitrogens with zero attached hydrogens (tertiary/aromatic N) is 3. The van der Waals surface area contributed by atoms with Gasteiger partial charge in [-0.25, -0.2) is 0 Å². The Kier molecular flexibility index (Phi) is 9.45. The van der Waals surface area contributed by atoms with E-state index in [9.17, 15) is 4.79 Å². The molecule has 2 aromatic carbocycles. The number of hydrogen-bond acceptors (Lipinski definition) is 4. The first-order chi connectivity index (χ1) is 18.0. The molecule has 0 bridgehead atoms. The number of carbonyl (C=O) groups excluding carboxylic acids is 1. The lowest BCUT2D eigenvalue weighted by Crippen LogP contribution is -2.48. The van der Waals surface area contributed by atoms with E-state index in [0.29, 0.717) is 6.04 Å². The number of likely N-dealkylation sites (tertiary alicyclic amines) is 1. The van der Waals surface area contributed by atoms with Crippen molar-refractivity contribution in [3.8, 4) is 5.75 Å². The summed E-state index contributed by atoms with van der Waals surface area (Å²) in [5.41, 5.74) is 4.17. The molecular formula is C32H43N3O2. The van der Waals surface area contributed by atoms with E-state index in [4.69, 9.17) is 4.74 Å². The van der Waals surface area contributed by atoms with Gasteiger partial charge in [-0.2, -0.15) is 0 Å². The number of rotatable bonds is 10. The number of hydrogen-bond donors (Lipinski definition) is 0. The monoisotopic (exact) mass is 501 g/mol. The Labute approximate surface area is 223 Å². The summed E-state index contributed by atoms with van der Waals surface area (Å²) in [5.74, 6) is 1.82. The van der Waals surface area contributed by atoms with Gasteiger partial charge >= 0.3 is 0 Å². The van der Waals surface area contributed by atoms with E-state index in [2.05, 4.69) is 61.1 Å². The summed E-state index contributed by atoms with van der Waals surface area (Å²) in [5, 5.41) is 0. The summed E-state index contributed by atoms with van der Waals surface area (Å²) in [6.45, 7) is 18.6. The van der Waals surface area contributed by atoms with Crippen LogP contribution in [0.1, 0.15) is 55.5 Å². The van der Waals surface area contributed by atoms with Gasteiger partial charge in [0.2, 0.25) is 0 Å². The van der Waals surface area contributed by atoms with Crippen molar-refractivity contribution in [2.24, 2.45) is 5.92 Å². The number of carbonyl (C=O) groups is 1. The predicted octanol–water partition coefficient (Wildman–Crippen LogP) is 6.13. The summed E-state index contributed by atoms with van der Waals surface area (Å²) in [6.07, 6.45) is 6.62. The molecule has 198 valence electrons. The van der Waals surface area contributed by atoms with Crippen LogP contribution in [0.2, 0.25) is 0 Å². The SMILES string of the molecule is C=Cc1cccc(C(=O)N2CCN(c3ccc(OCCCN4CC(CC)CCC4C(=C)C)cc3)CC2)c1. The molecule has 0 saturated carbocycles. The zero-order chi connectivity index (χ0) is 26.2. The number of amides is 1. The third-order valence-electron chi connectivity index (χ3n) is 7.92. The Balaban J connectivity index is 1.21. The van der Waals surface area contributed by atoms with Crippen molar-refractivity contribution in [1.82, 2.24) is 9.80 Å². The van der Waals surface area contributed by atoms with Crippen LogP contribution in [0.25, 0.3) is 6.08 Å². The highest BCUT2D eigenvalue weighted by Crippen LogP contribution is 2.28. The molecule has 2 unspecified atom stereocenters. The second-order valence-corrected chi connectivity index (χ2v) is 10.5. The van der Waals surface area contributed by atoms with Crippen molar-refractivity contribution >= 4 is 17.7 Å². The van der Waals surface area contributed by atoms with Gasteiger partial charge in [-0.15, -0.1) is 0 Å². The van der Waals surface area contributed by atoms with E-state index in [-0.39, 0.29) is 5.91 Å². The molecule has 2 fully saturated rings. The number of benzene rings is 2. The van der Waals surface area contributed by atoms with E-state index >= 15 is 0 Å². The molecule has 2 aromatic rings. The fraction of sp³-hybridized carbons (Fsp3) is 0.469. The topological polar surface area (TPSA) is 36.0 Å². The molecule has 2 saturated heterocycles. The molecule has 4 rings (SSSR count). The van der Waals surface area contributed by atoms with Gasteiger partial charge in [-0.3, -0.25) is 9.69 Å². The predicted molar refractivity (Wildman–Crippen MR) is 154 cm³/mol. The Morgan fingerprint density at radius 3 is 2.51 bits per heavy atom. The lowest BCUT2D eigenvalue weighted by Gasteiger charge is -2.40. The third kappa shape index (κ3) is 7.04. The Morgan fingerprint density at radius 1 is 1.08 bits per heavy atom. The van der Waals surface area contributed by atoms with Gasteiger partial charge in [0.05, 0.1) is 6.61 Å². The number of anilines is 1. The molecule has 0 spiro atoms. The van der Waals surface area contributed by atoms with Crippen molar-refractivity contribution < 1.29 is 9.53 Å². The summed E-state index contributed by atoms with van der Waals surface area (Å²) in [6, 6.07) is 16.6. The molecular weight excluding hydrogens is 458 g/mol. The van der Waals surface area contributed by atoms with Gasteiger partial charge in [0.15, 0.2) is 0 Å². The molecule has 2 atom stereocenters. The first-order valence-electron chi connectivity index (χ1n) is 13.9. The van der Waals surface area contributed by atoms with E-state index in [0.717, 1.165) is 68.5 Å². The van der Waals surface area contributed by atoms with E-state index in [1.54, 1.807) is 6.08 Å². The molecule has 2 aliphatic heterocycles. The Morgan fingerprint density at radius 2 is 1.84 bits per heavy atom. The van der Waals surface area contributed by atoms with Gasteiger partial charge in [0, 0.05) is 56.6 Å². The molecule has 2 heterocycles.